The summed E-state index contributed by atoms with van der Waals surface area (Å²) < 4.78 is 9.81. The van der Waals surface area contributed by atoms with Crippen molar-refractivity contribution in [3.8, 4) is 11.8 Å². The van der Waals surface area contributed by atoms with Gasteiger partial charge in [-0.25, -0.2) is 0 Å². The van der Waals surface area contributed by atoms with Gasteiger partial charge in [-0.15, -0.1) is 0 Å². The van der Waals surface area contributed by atoms with E-state index in [2.05, 4.69) is 11.8 Å². The molecule has 3 rings (SSSR count). The van der Waals surface area contributed by atoms with Gasteiger partial charge >= 0.3 is 11.9 Å². The van der Waals surface area contributed by atoms with Gasteiger partial charge in [-0.05, 0) is 23.3 Å². The van der Waals surface area contributed by atoms with Gasteiger partial charge in [0, 0.05) is 11.1 Å². The molecule has 0 saturated carbocycles. The fourth-order valence-corrected chi connectivity index (χ4v) is 3.09. The van der Waals surface area contributed by atoms with Crippen LogP contribution in [0.15, 0.2) is 66.2 Å². The zero-order valence-electron chi connectivity index (χ0n) is 14.6. The molecule has 0 N–H and O–H groups in total. The molecule has 2 atom stereocenters. The van der Waals surface area contributed by atoms with Crippen LogP contribution in [-0.4, -0.2) is 26.2 Å². The second-order valence-electron chi connectivity index (χ2n) is 5.81. The van der Waals surface area contributed by atoms with Crippen LogP contribution in [0.3, 0.4) is 0 Å². The van der Waals surface area contributed by atoms with Crippen LogP contribution in [0.2, 0.25) is 0 Å². The van der Waals surface area contributed by atoms with E-state index in [-0.39, 0.29) is 0 Å². The Morgan fingerprint density at radius 1 is 0.769 bits per heavy atom. The molecule has 1 aliphatic rings. The Balaban J connectivity index is 2.13. The van der Waals surface area contributed by atoms with Gasteiger partial charge in [0.05, 0.1) is 14.2 Å². The molecule has 26 heavy (non-hydrogen) atoms. The minimum atomic E-state index is -0.751. The van der Waals surface area contributed by atoms with Crippen molar-refractivity contribution in [1.29, 1.82) is 0 Å². The maximum Gasteiger partial charge on any atom is 0.315 e. The summed E-state index contributed by atoms with van der Waals surface area (Å²) in [6, 6.07) is 18.9. The fraction of sp³-hybridized carbons (Fsp3) is 0.182. The minimum absolute atomic E-state index is 0.468. The number of carbonyl (C=O) groups is 2. The van der Waals surface area contributed by atoms with E-state index >= 15 is 0 Å². The van der Waals surface area contributed by atoms with E-state index in [9.17, 15) is 9.59 Å². The third kappa shape index (κ3) is 3.25. The van der Waals surface area contributed by atoms with Gasteiger partial charge < -0.3 is 9.47 Å². The van der Waals surface area contributed by atoms with Gasteiger partial charge in [-0.1, -0.05) is 60.4 Å². The first kappa shape index (κ1) is 17.5. The van der Waals surface area contributed by atoms with Gasteiger partial charge in [0.1, 0.15) is 11.8 Å². The van der Waals surface area contributed by atoms with Crippen molar-refractivity contribution in [2.75, 3.05) is 14.2 Å². The Morgan fingerprint density at radius 3 is 1.88 bits per heavy atom. The highest BCUT2D eigenvalue weighted by Crippen LogP contribution is 2.47. The summed E-state index contributed by atoms with van der Waals surface area (Å²) >= 11 is 0. The van der Waals surface area contributed by atoms with E-state index in [4.69, 9.17) is 9.47 Å². The number of benzene rings is 2. The number of carbonyl (C=O) groups excluding carboxylic acids is 2. The number of esters is 2. The molecule has 0 saturated heterocycles. The van der Waals surface area contributed by atoms with E-state index in [1.165, 1.54) is 14.2 Å². The Kier molecular flexibility index (Phi) is 5.19. The number of ether oxygens (including phenoxy) is 2. The van der Waals surface area contributed by atoms with Crippen LogP contribution in [-0.2, 0) is 19.1 Å². The molecule has 0 bridgehead atoms. The molecule has 0 amide bonds. The lowest BCUT2D eigenvalue weighted by Gasteiger charge is -2.36. The third-order valence-corrected chi connectivity index (χ3v) is 4.36. The standard InChI is InChI=1S/C22H18O4/c1-25-21(23)19-17(14-13-15-9-5-3-6-10-15)18(20(19)22(24)26-2)16-11-7-4-8-12-16/h3-12,19-20H,1-2H3/t19-,20-/m0/s1. The Hall–Kier alpha value is -3.32. The highest BCUT2D eigenvalue weighted by molar-refractivity contribution is 6.04. The van der Waals surface area contributed by atoms with Crippen molar-refractivity contribution in [2.45, 2.75) is 0 Å². The van der Waals surface area contributed by atoms with E-state index in [0.717, 1.165) is 16.7 Å². The van der Waals surface area contributed by atoms with Crippen molar-refractivity contribution < 1.29 is 19.1 Å². The van der Waals surface area contributed by atoms with E-state index in [1.54, 1.807) is 0 Å². The largest absolute Gasteiger partial charge is 0.469 e. The quantitative estimate of drug-likeness (QED) is 0.633. The van der Waals surface area contributed by atoms with Crippen LogP contribution < -0.4 is 0 Å². The van der Waals surface area contributed by atoms with E-state index in [0.29, 0.717) is 5.57 Å². The summed E-state index contributed by atoms with van der Waals surface area (Å²) in [5, 5.41) is 0. The average molecular weight is 346 g/mol. The van der Waals surface area contributed by atoms with Crippen LogP contribution in [0.25, 0.3) is 5.57 Å². The molecule has 0 unspecified atom stereocenters. The maximum atomic E-state index is 12.3. The van der Waals surface area contributed by atoms with Crippen molar-refractivity contribution in [1.82, 2.24) is 0 Å². The second kappa shape index (κ2) is 7.71. The molecule has 2 aromatic carbocycles. The molecular weight excluding hydrogens is 328 g/mol. The molecule has 1 aliphatic carbocycles. The van der Waals surface area contributed by atoms with Gasteiger partial charge in [0.15, 0.2) is 0 Å². The minimum Gasteiger partial charge on any atom is -0.469 e. The lowest BCUT2D eigenvalue weighted by atomic mass is 9.65. The van der Waals surface area contributed by atoms with Crippen molar-refractivity contribution in [2.24, 2.45) is 11.8 Å². The zero-order chi connectivity index (χ0) is 18.5. The molecule has 0 radical (unpaired) electrons. The molecule has 2 aromatic rings. The molecule has 0 heterocycles. The lowest BCUT2D eigenvalue weighted by Crippen LogP contribution is -2.41. The predicted molar refractivity (Wildman–Crippen MR) is 97.7 cm³/mol. The Morgan fingerprint density at radius 2 is 1.31 bits per heavy atom. The Bertz CT molecular complexity index is 901. The molecule has 4 heteroatoms. The first-order valence-electron chi connectivity index (χ1n) is 8.19. The van der Waals surface area contributed by atoms with Gasteiger partial charge in [0.25, 0.3) is 0 Å². The summed E-state index contributed by atoms with van der Waals surface area (Å²) in [6.07, 6.45) is 0. The van der Waals surface area contributed by atoms with Crippen LogP contribution >= 0.6 is 0 Å². The van der Waals surface area contributed by atoms with E-state index in [1.807, 2.05) is 60.7 Å². The summed E-state index contributed by atoms with van der Waals surface area (Å²) in [5.74, 6) is 3.72. The first-order valence-corrected chi connectivity index (χ1v) is 8.19. The zero-order valence-corrected chi connectivity index (χ0v) is 14.6. The monoisotopic (exact) mass is 346 g/mol. The second-order valence-corrected chi connectivity index (χ2v) is 5.81. The number of hydrogen-bond acceptors (Lipinski definition) is 4. The van der Waals surface area contributed by atoms with Gasteiger partial charge in [0.2, 0.25) is 0 Å². The van der Waals surface area contributed by atoms with Crippen LogP contribution in [0.4, 0.5) is 0 Å². The number of hydrogen-bond donors (Lipinski definition) is 0. The first-order chi connectivity index (χ1) is 12.7. The predicted octanol–water partition coefficient (Wildman–Crippen LogP) is 3.08. The highest BCUT2D eigenvalue weighted by atomic mass is 16.5. The SMILES string of the molecule is COC(=O)[C@H]1C(C#Cc2ccccc2)=C(c2ccccc2)[C@@H]1C(=O)OC. The smallest absolute Gasteiger partial charge is 0.315 e. The molecule has 0 aliphatic heterocycles. The normalized spacial score (nSPS) is 18.2. The highest BCUT2D eigenvalue weighted by Gasteiger charge is 2.50. The van der Waals surface area contributed by atoms with Gasteiger partial charge in [-0.2, -0.15) is 0 Å². The average Bonchev–Trinajstić information content (AvgIpc) is 2.68. The molecule has 0 spiro atoms. The summed E-state index contributed by atoms with van der Waals surface area (Å²) in [4.78, 5) is 24.6. The summed E-state index contributed by atoms with van der Waals surface area (Å²) in [5.41, 5.74) is 3.00. The van der Waals surface area contributed by atoms with Crippen molar-refractivity contribution in [3.05, 3.63) is 77.4 Å². The fourth-order valence-electron chi connectivity index (χ4n) is 3.09. The van der Waals surface area contributed by atoms with Crippen LogP contribution in [0.1, 0.15) is 11.1 Å². The number of methoxy groups -OCH3 is 2. The lowest BCUT2D eigenvalue weighted by molar-refractivity contribution is -0.154. The topological polar surface area (TPSA) is 52.6 Å². The maximum absolute atomic E-state index is 12.3. The van der Waals surface area contributed by atoms with Crippen LogP contribution in [0, 0.1) is 23.7 Å². The van der Waals surface area contributed by atoms with E-state index < -0.39 is 23.8 Å². The molecule has 0 fully saturated rings. The third-order valence-electron chi connectivity index (χ3n) is 4.36. The number of rotatable bonds is 3. The Labute approximate surface area is 152 Å². The van der Waals surface area contributed by atoms with Crippen molar-refractivity contribution >= 4 is 17.5 Å². The summed E-state index contributed by atoms with van der Waals surface area (Å²) in [6.45, 7) is 0. The molecule has 130 valence electrons. The van der Waals surface area contributed by atoms with Crippen LogP contribution in [0.5, 0.6) is 0 Å². The molecular formula is C22H18O4. The molecule has 4 nitrogen and oxygen atoms in total. The molecule has 0 aromatic heterocycles. The summed E-state index contributed by atoms with van der Waals surface area (Å²) in [7, 11) is 2.62. The van der Waals surface area contributed by atoms with Crippen molar-refractivity contribution in [3.63, 3.8) is 0 Å². The van der Waals surface area contributed by atoms with Gasteiger partial charge in [-0.3, -0.25) is 9.59 Å².